The van der Waals surface area contributed by atoms with Crippen LogP contribution in [0, 0.1) is 11.8 Å². The second-order valence-electron chi connectivity index (χ2n) is 5.25. The van der Waals surface area contributed by atoms with Crippen molar-refractivity contribution >= 4 is 15.2 Å². The molecule has 0 aromatic heterocycles. The molecule has 0 aromatic carbocycles. The van der Waals surface area contributed by atoms with Crippen LogP contribution in [0.1, 0.15) is 27.7 Å². The highest BCUT2D eigenvalue weighted by Crippen LogP contribution is 2.65. The fourth-order valence-corrected chi connectivity index (χ4v) is 5.95. The molecule has 102 valence electrons. The summed E-state index contributed by atoms with van der Waals surface area (Å²) in [5, 5.41) is 0. The van der Waals surface area contributed by atoms with Crippen molar-refractivity contribution in [3.8, 4) is 0 Å². The molecule has 1 aliphatic rings. The first kappa shape index (κ1) is 15.4. The van der Waals surface area contributed by atoms with Crippen LogP contribution in [-0.2, 0) is 22.5 Å². The average molecular weight is 284 g/mol. The fourth-order valence-electron chi connectivity index (χ4n) is 1.87. The molecule has 0 aromatic rings. The molecule has 1 rings (SSSR count). The third-order valence-corrected chi connectivity index (χ3v) is 6.19. The van der Waals surface area contributed by atoms with Crippen molar-refractivity contribution in [3.63, 3.8) is 0 Å². The lowest BCUT2D eigenvalue weighted by Gasteiger charge is -2.30. The lowest BCUT2D eigenvalue weighted by Crippen LogP contribution is -2.37. The van der Waals surface area contributed by atoms with E-state index in [1.807, 2.05) is 27.7 Å². The SMILES string of the molecule is CC(C)C1OP(C)(=O)OP(C)(=O)OC1C(C)C. The van der Waals surface area contributed by atoms with E-state index in [1.165, 1.54) is 13.3 Å². The van der Waals surface area contributed by atoms with Gasteiger partial charge in [0.05, 0.1) is 12.2 Å². The molecule has 0 amide bonds. The molecule has 7 heteroatoms. The molecular formula is C10H22O5P2. The summed E-state index contributed by atoms with van der Waals surface area (Å²) >= 11 is 0. The van der Waals surface area contributed by atoms with Crippen molar-refractivity contribution in [3.05, 3.63) is 0 Å². The largest absolute Gasteiger partial charge is 0.335 e. The topological polar surface area (TPSA) is 61.8 Å². The summed E-state index contributed by atoms with van der Waals surface area (Å²) in [4.78, 5) is 0. The second kappa shape index (κ2) is 5.14. The molecule has 0 radical (unpaired) electrons. The van der Waals surface area contributed by atoms with E-state index in [4.69, 9.17) is 13.4 Å². The van der Waals surface area contributed by atoms with E-state index in [-0.39, 0.29) is 24.0 Å². The van der Waals surface area contributed by atoms with Crippen LogP contribution in [0.15, 0.2) is 0 Å². The van der Waals surface area contributed by atoms with Gasteiger partial charge in [-0.3, -0.25) is 9.13 Å². The molecule has 5 nitrogen and oxygen atoms in total. The Morgan fingerprint density at radius 2 is 1.12 bits per heavy atom. The molecule has 1 heterocycles. The minimum absolute atomic E-state index is 0.109. The van der Waals surface area contributed by atoms with Gasteiger partial charge in [0.15, 0.2) is 0 Å². The van der Waals surface area contributed by atoms with Gasteiger partial charge < -0.3 is 9.05 Å². The zero-order chi connectivity index (χ0) is 13.4. The van der Waals surface area contributed by atoms with Gasteiger partial charge in [-0.25, -0.2) is 4.31 Å². The Morgan fingerprint density at radius 3 is 1.35 bits per heavy atom. The maximum absolute atomic E-state index is 12.1. The third kappa shape index (κ3) is 4.18. The van der Waals surface area contributed by atoms with Gasteiger partial charge >= 0.3 is 15.2 Å². The lowest BCUT2D eigenvalue weighted by molar-refractivity contribution is 0.00967. The minimum Gasteiger partial charge on any atom is -0.302 e. The van der Waals surface area contributed by atoms with E-state index in [2.05, 4.69) is 0 Å². The summed E-state index contributed by atoms with van der Waals surface area (Å²) in [6.07, 6.45) is -0.747. The van der Waals surface area contributed by atoms with Gasteiger partial charge in [-0.05, 0) is 11.8 Å². The molecule has 0 aliphatic carbocycles. The van der Waals surface area contributed by atoms with Crippen LogP contribution in [0.4, 0.5) is 0 Å². The third-order valence-electron chi connectivity index (χ3n) is 2.56. The van der Waals surface area contributed by atoms with Crippen molar-refractivity contribution in [1.29, 1.82) is 0 Å². The predicted molar refractivity (Wildman–Crippen MR) is 67.6 cm³/mol. The fraction of sp³-hybridized carbons (Fsp3) is 1.00. The normalized spacial score (nSPS) is 44.0. The smallest absolute Gasteiger partial charge is 0.302 e. The lowest BCUT2D eigenvalue weighted by atomic mass is 9.94. The molecule has 0 N–H and O–H groups in total. The zero-order valence-electron chi connectivity index (χ0n) is 11.2. The van der Waals surface area contributed by atoms with Gasteiger partial charge in [-0.15, -0.1) is 0 Å². The Hall–Kier alpha value is 0.340. The maximum Gasteiger partial charge on any atom is 0.335 e. The molecule has 4 atom stereocenters. The van der Waals surface area contributed by atoms with Crippen LogP contribution in [0.2, 0.25) is 0 Å². The van der Waals surface area contributed by atoms with E-state index < -0.39 is 15.2 Å². The molecule has 4 unspecified atom stereocenters. The second-order valence-corrected chi connectivity index (χ2v) is 9.41. The van der Waals surface area contributed by atoms with Crippen LogP contribution in [0.5, 0.6) is 0 Å². The quantitative estimate of drug-likeness (QED) is 0.723. The molecule has 0 saturated carbocycles. The minimum atomic E-state index is -3.33. The summed E-state index contributed by atoms with van der Waals surface area (Å²) in [5.41, 5.74) is 0. The Bertz CT molecular complexity index is 332. The molecule has 1 aliphatic heterocycles. The number of hydrogen-bond donors (Lipinski definition) is 0. The van der Waals surface area contributed by atoms with Crippen molar-refractivity contribution in [2.45, 2.75) is 39.9 Å². The average Bonchev–Trinajstić information content (AvgIpc) is 2.17. The standard InChI is InChI=1S/C10H22O5P2/c1-7(2)9-10(8(3)4)14-17(6,12)15-16(5,11)13-9/h7-10H,1-6H3. The summed E-state index contributed by atoms with van der Waals surface area (Å²) in [7, 11) is -6.65. The highest BCUT2D eigenvalue weighted by atomic mass is 31.3. The van der Waals surface area contributed by atoms with Gasteiger partial charge in [-0.1, -0.05) is 27.7 Å². The Kier molecular flexibility index (Phi) is 4.66. The van der Waals surface area contributed by atoms with Crippen molar-refractivity contribution in [2.24, 2.45) is 11.8 Å². The molecule has 1 fully saturated rings. The van der Waals surface area contributed by atoms with Crippen LogP contribution >= 0.6 is 15.2 Å². The first-order chi connectivity index (χ1) is 7.54. The van der Waals surface area contributed by atoms with E-state index in [9.17, 15) is 9.13 Å². The molecule has 17 heavy (non-hydrogen) atoms. The summed E-state index contributed by atoms with van der Waals surface area (Å²) < 4.78 is 40.1. The van der Waals surface area contributed by atoms with E-state index in [0.29, 0.717) is 0 Å². The number of hydrogen-bond acceptors (Lipinski definition) is 5. The van der Waals surface area contributed by atoms with Crippen LogP contribution in [0.3, 0.4) is 0 Å². The highest BCUT2D eigenvalue weighted by molar-refractivity contribution is 7.66. The summed E-state index contributed by atoms with van der Waals surface area (Å²) in [5.74, 6) is 0.217. The maximum atomic E-state index is 12.1. The highest BCUT2D eigenvalue weighted by Gasteiger charge is 2.44. The number of rotatable bonds is 2. The Morgan fingerprint density at radius 1 is 0.824 bits per heavy atom. The molecule has 1 saturated heterocycles. The van der Waals surface area contributed by atoms with Crippen LogP contribution < -0.4 is 0 Å². The zero-order valence-corrected chi connectivity index (χ0v) is 13.0. The predicted octanol–water partition coefficient (Wildman–Crippen LogP) is 3.74. The van der Waals surface area contributed by atoms with E-state index in [1.54, 1.807) is 0 Å². The van der Waals surface area contributed by atoms with Crippen molar-refractivity contribution < 1.29 is 22.5 Å². The summed E-state index contributed by atoms with van der Waals surface area (Å²) in [6, 6.07) is 0. The van der Waals surface area contributed by atoms with Crippen molar-refractivity contribution in [1.82, 2.24) is 0 Å². The van der Waals surface area contributed by atoms with Crippen molar-refractivity contribution in [2.75, 3.05) is 13.3 Å². The van der Waals surface area contributed by atoms with Crippen LogP contribution in [0.25, 0.3) is 0 Å². The Labute approximate surface area is 103 Å². The van der Waals surface area contributed by atoms with Gasteiger partial charge in [0.1, 0.15) is 0 Å². The molecule has 0 spiro atoms. The van der Waals surface area contributed by atoms with E-state index in [0.717, 1.165) is 0 Å². The first-order valence-electron chi connectivity index (χ1n) is 5.77. The van der Waals surface area contributed by atoms with E-state index >= 15 is 0 Å². The first-order valence-corrected chi connectivity index (χ1v) is 9.75. The summed E-state index contributed by atoms with van der Waals surface area (Å²) in [6.45, 7) is 10.5. The monoisotopic (exact) mass is 284 g/mol. The van der Waals surface area contributed by atoms with Gasteiger partial charge in [-0.2, -0.15) is 0 Å². The van der Waals surface area contributed by atoms with Crippen LogP contribution in [-0.4, -0.2) is 25.5 Å². The molecule has 0 bridgehead atoms. The van der Waals surface area contributed by atoms with Gasteiger partial charge in [0, 0.05) is 13.3 Å². The van der Waals surface area contributed by atoms with Gasteiger partial charge in [0.25, 0.3) is 0 Å². The van der Waals surface area contributed by atoms with Gasteiger partial charge in [0.2, 0.25) is 0 Å². The Balaban J connectivity index is 3.11. The molecular weight excluding hydrogens is 262 g/mol.